The zero-order valence-electron chi connectivity index (χ0n) is 13.4. The molecule has 1 aromatic rings. The van der Waals surface area contributed by atoms with Gasteiger partial charge in [0.05, 0.1) is 11.4 Å². The fraction of sp³-hybridized carbons (Fsp3) is 0.667. The first-order valence-electron chi connectivity index (χ1n) is 6.88. The summed E-state index contributed by atoms with van der Waals surface area (Å²) in [7, 11) is 0. The Morgan fingerprint density at radius 3 is 1.85 bits per heavy atom. The lowest BCUT2D eigenvalue weighted by atomic mass is 10.1. The maximum atomic E-state index is 11.7. The highest BCUT2D eigenvalue weighted by atomic mass is 16.7. The zero-order chi connectivity index (χ0) is 15.5. The van der Waals surface area contributed by atoms with Crippen LogP contribution in [0.4, 0.5) is 4.79 Å². The Morgan fingerprint density at radius 1 is 1.05 bits per heavy atom. The number of hydrogen-bond donors (Lipinski definition) is 0. The van der Waals surface area contributed by atoms with Gasteiger partial charge in [-0.1, -0.05) is 27.7 Å². The van der Waals surface area contributed by atoms with Gasteiger partial charge in [0.2, 0.25) is 0 Å². The van der Waals surface area contributed by atoms with Crippen molar-refractivity contribution < 1.29 is 14.3 Å². The molecule has 0 fully saturated rings. The van der Waals surface area contributed by atoms with Crippen LogP contribution in [-0.4, -0.2) is 21.7 Å². The van der Waals surface area contributed by atoms with Crippen LogP contribution in [0.15, 0.2) is 6.07 Å². The van der Waals surface area contributed by atoms with Crippen molar-refractivity contribution in [3.63, 3.8) is 0 Å². The highest BCUT2D eigenvalue weighted by Gasteiger charge is 2.20. The molecular weight excluding hydrogens is 256 g/mol. The van der Waals surface area contributed by atoms with E-state index >= 15 is 0 Å². The van der Waals surface area contributed by atoms with Crippen LogP contribution in [0, 0.1) is 0 Å². The van der Waals surface area contributed by atoms with Gasteiger partial charge in [-0.3, -0.25) is 0 Å². The molecule has 0 aliphatic rings. The summed E-state index contributed by atoms with van der Waals surface area (Å²) in [6.45, 7) is 13.5. The Labute approximate surface area is 120 Å². The summed E-state index contributed by atoms with van der Waals surface area (Å²) in [5, 5.41) is 0. The molecule has 0 radical (unpaired) electrons. The third-order valence-corrected chi connectivity index (χ3v) is 2.49. The second kappa shape index (κ2) is 6.20. The number of nitrogens with zero attached hydrogens (tertiary/aromatic N) is 2. The van der Waals surface area contributed by atoms with Crippen molar-refractivity contribution in [1.82, 2.24) is 9.97 Å². The van der Waals surface area contributed by atoms with Crippen LogP contribution in [0.1, 0.15) is 71.7 Å². The van der Waals surface area contributed by atoms with Crippen molar-refractivity contribution >= 4 is 6.16 Å². The number of carbonyl (C=O) groups is 1. The number of carbonyl (C=O) groups excluding carboxylic acids is 1. The predicted octanol–water partition coefficient (Wildman–Crippen LogP) is 4.04. The molecule has 0 spiro atoms. The molecule has 0 N–H and O–H groups in total. The molecule has 0 amide bonds. The van der Waals surface area contributed by atoms with Gasteiger partial charge in [0.1, 0.15) is 5.60 Å². The first-order chi connectivity index (χ1) is 9.08. The average molecular weight is 280 g/mol. The largest absolute Gasteiger partial charge is 0.516 e. The first-order valence-corrected chi connectivity index (χ1v) is 6.88. The lowest BCUT2D eigenvalue weighted by Crippen LogP contribution is -2.26. The zero-order valence-corrected chi connectivity index (χ0v) is 13.4. The van der Waals surface area contributed by atoms with Gasteiger partial charge in [0.25, 0.3) is 0 Å². The smallest absolute Gasteiger partial charge is 0.428 e. The van der Waals surface area contributed by atoms with Crippen molar-refractivity contribution in [1.29, 1.82) is 0 Å². The Bertz CT molecular complexity index is 450. The van der Waals surface area contributed by atoms with Crippen molar-refractivity contribution in [3.05, 3.63) is 17.5 Å². The van der Waals surface area contributed by atoms with Crippen LogP contribution in [-0.2, 0) is 4.74 Å². The SMILES string of the molecule is CC(C)c1cc(C(C)C)nc(OC(=O)OC(C)(C)C)n1. The quantitative estimate of drug-likeness (QED) is 0.782. The minimum absolute atomic E-state index is 0.0501. The molecule has 0 atom stereocenters. The van der Waals surface area contributed by atoms with Crippen molar-refractivity contribution in [2.75, 3.05) is 0 Å². The average Bonchev–Trinajstić information content (AvgIpc) is 2.25. The van der Waals surface area contributed by atoms with E-state index < -0.39 is 11.8 Å². The highest BCUT2D eigenvalue weighted by Crippen LogP contribution is 2.21. The second-order valence-electron chi connectivity index (χ2n) is 6.38. The molecule has 0 unspecified atom stereocenters. The second-order valence-corrected chi connectivity index (χ2v) is 6.38. The fourth-order valence-electron chi connectivity index (χ4n) is 1.44. The monoisotopic (exact) mass is 280 g/mol. The van der Waals surface area contributed by atoms with Crippen LogP contribution in [0.2, 0.25) is 0 Å². The molecule has 1 rings (SSSR count). The summed E-state index contributed by atoms with van der Waals surface area (Å²) in [4.78, 5) is 20.2. The minimum Gasteiger partial charge on any atom is -0.428 e. The molecule has 1 aromatic heterocycles. The molecule has 0 bridgehead atoms. The van der Waals surface area contributed by atoms with E-state index in [1.165, 1.54) is 0 Å². The molecule has 0 aliphatic carbocycles. The lowest BCUT2D eigenvalue weighted by molar-refractivity contribution is 0.0186. The molecule has 0 aromatic carbocycles. The van der Waals surface area contributed by atoms with Crippen molar-refractivity contribution in [3.8, 4) is 6.01 Å². The summed E-state index contributed by atoms with van der Waals surface area (Å²) in [5.74, 6) is 0.466. The maximum Gasteiger partial charge on any atom is 0.516 e. The van der Waals surface area contributed by atoms with Gasteiger partial charge in [-0.2, -0.15) is 9.97 Å². The van der Waals surface area contributed by atoms with Crippen molar-refractivity contribution in [2.24, 2.45) is 0 Å². The highest BCUT2D eigenvalue weighted by molar-refractivity contribution is 5.63. The molecule has 5 heteroatoms. The molecule has 112 valence electrons. The van der Waals surface area contributed by atoms with Crippen LogP contribution >= 0.6 is 0 Å². The summed E-state index contributed by atoms with van der Waals surface area (Å²) >= 11 is 0. The lowest BCUT2D eigenvalue weighted by Gasteiger charge is -2.18. The molecule has 1 heterocycles. The van der Waals surface area contributed by atoms with Gasteiger partial charge in [0, 0.05) is 0 Å². The van der Waals surface area contributed by atoms with Crippen LogP contribution in [0.5, 0.6) is 6.01 Å². The number of ether oxygens (including phenoxy) is 2. The molecule has 0 saturated carbocycles. The number of rotatable bonds is 3. The normalized spacial score (nSPS) is 11.8. The third kappa shape index (κ3) is 5.15. The van der Waals surface area contributed by atoms with E-state index in [-0.39, 0.29) is 17.8 Å². The van der Waals surface area contributed by atoms with E-state index in [9.17, 15) is 4.79 Å². The van der Waals surface area contributed by atoms with E-state index in [1.54, 1.807) is 20.8 Å². The fourth-order valence-corrected chi connectivity index (χ4v) is 1.44. The first kappa shape index (κ1) is 16.4. The maximum absolute atomic E-state index is 11.7. The van der Waals surface area contributed by atoms with E-state index in [0.29, 0.717) is 0 Å². The Kier molecular flexibility index (Phi) is 5.09. The minimum atomic E-state index is -0.784. The van der Waals surface area contributed by atoms with Crippen LogP contribution in [0.3, 0.4) is 0 Å². The number of aromatic nitrogens is 2. The van der Waals surface area contributed by atoms with E-state index in [2.05, 4.69) is 9.97 Å². The van der Waals surface area contributed by atoms with Crippen LogP contribution in [0.25, 0.3) is 0 Å². The van der Waals surface area contributed by atoms with Gasteiger partial charge >= 0.3 is 12.2 Å². The standard InChI is InChI=1S/C15H24N2O3/c1-9(2)11-8-12(10(3)4)17-13(16-11)19-14(18)20-15(5,6)7/h8-10H,1-7H3. The topological polar surface area (TPSA) is 61.3 Å². The van der Waals surface area contributed by atoms with Crippen molar-refractivity contribution in [2.45, 2.75) is 65.9 Å². The van der Waals surface area contributed by atoms with Gasteiger partial charge in [-0.25, -0.2) is 4.79 Å². The van der Waals surface area contributed by atoms with Gasteiger partial charge in [0.15, 0.2) is 0 Å². The number of hydrogen-bond acceptors (Lipinski definition) is 5. The van der Waals surface area contributed by atoms with Gasteiger partial charge in [-0.15, -0.1) is 0 Å². The third-order valence-electron chi connectivity index (χ3n) is 2.49. The Balaban J connectivity index is 2.97. The summed E-state index contributed by atoms with van der Waals surface area (Å²) in [6, 6.07) is 1.99. The molecule has 20 heavy (non-hydrogen) atoms. The van der Waals surface area contributed by atoms with Gasteiger partial charge in [-0.05, 0) is 38.7 Å². The summed E-state index contributed by atoms with van der Waals surface area (Å²) < 4.78 is 10.2. The van der Waals surface area contributed by atoms with E-state index in [1.807, 2.05) is 33.8 Å². The molecule has 5 nitrogen and oxygen atoms in total. The van der Waals surface area contributed by atoms with E-state index in [0.717, 1.165) is 11.4 Å². The van der Waals surface area contributed by atoms with E-state index in [4.69, 9.17) is 9.47 Å². The molecular formula is C15H24N2O3. The Morgan fingerprint density at radius 2 is 1.50 bits per heavy atom. The van der Waals surface area contributed by atoms with Crippen LogP contribution < -0.4 is 4.74 Å². The Hall–Kier alpha value is -1.65. The van der Waals surface area contributed by atoms with Gasteiger partial charge < -0.3 is 9.47 Å². The summed E-state index contributed by atoms with van der Waals surface area (Å²) in [5.41, 5.74) is 1.10. The predicted molar refractivity (Wildman–Crippen MR) is 77.1 cm³/mol. The molecule has 0 aliphatic heterocycles. The molecule has 0 saturated heterocycles. The summed E-state index contributed by atoms with van der Waals surface area (Å²) in [6.07, 6.45) is -0.784.